The number of ether oxygens (including phenoxy) is 1. The lowest BCUT2D eigenvalue weighted by Gasteiger charge is -2.34. The van der Waals surface area contributed by atoms with E-state index in [2.05, 4.69) is 20.2 Å². The topological polar surface area (TPSA) is 114 Å². The van der Waals surface area contributed by atoms with Crippen molar-refractivity contribution in [1.82, 2.24) is 20.2 Å². The van der Waals surface area contributed by atoms with Gasteiger partial charge < -0.3 is 20.9 Å². The molecule has 0 spiro atoms. The first-order valence-electron chi connectivity index (χ1n) is 9.59. The van der Waals surface area contributed by atoms with Crippen molar-refractivity contribution in [2.45, 2.75) is 31.0 Å². The zero-order valence-electron chi connectivity index (χ0n) is 15.6. The maximum atomic E-state index is 13.0. The molecule has 4 N–H and O–H groups in total. The van der Waals surface area contributed by atoms with Crippen molar-refractivity contribution < 1.29 is 14.6 Å². The molecular weight excluding hydrogens is 358 g/mol. The van der Waals surface area contributed by atoms with E-state index in [1.807, 2.05) is 30.3 Å². The number of carbonyl (C=O) groups excluding carboxylic acids is 1. The number of morpholine rings is 1. The molecule has 1 amide bonds. The third-order valence-corrected chi connectivity index (χ3v) is 5.38. The minimum absolute atomic E-state index is 0.0372. The zero-order valence-corrected chi connectivity index (χ0v) is 15.6. The molecule has 8 nitrogen and oxygen atoms in total. The van der Waals surface area contributed by atoms with Gasteiger partial charge in [-0.15, -0.1) is 0 Å². The normalized spacial score (nSPS) is 24.7. The molecular formula is C20H25N5O3. The van der Waals surface area contributed by atoms with Crippen LogP contribution in [0.3, 0.4) is 0 Å². The Labute approximate surface area is 163 Å². The van der Waals surface area contributed by atoms with Crippen molar-refractivity contribution in [1.29, 1.82) is 0 Å². The van der Waals surface area contributed by atoms with Crippen molar-refractivity contribution in [3.05, 3.63) is 42.1 Å². The molecule has 2 aromatic rings. The molecule has 4 rings (SSSR count). The SMILES string of the molecule is Nc1ncc(C(=O)N[C@H]2C[C@H]3CO[C@@H](CCO)CN3C2)c(-c2ccccc2)n1. The number of hydrogen-bond donors (Lipinski definition) is 3. The lowest BCUT2D eigenvalue weighted by Crippen LogP contribution is -2.46. The number of rotatable bonds is 5. The Morgan fingerprint density at radius 3 is 2.93 bits per heavy atom. The molecule has 3 heterocycles. The molecule has 8 heteroatoms. The molecule has 0 unspecified atom stereocenters. The number of carbonyl (C=O) groups is 1. The predicted octanol–water partition coefficient (Wildman–Crippen LogP) is 0.680. The van der Waals surface area contributed by atoms with Gasteiger partial charge in [0.1, 0.15) is 0 Å². The fraction of sp³-hybridized carbons (Fsp3) is 0.450. The first-order valence-corrected chi connectivity index (χ1v) is 9.59. The second-order valence-corrected chi connectivity index (χ2v) is 7.34. The van der Waals surface area contributed by atoms with Crippen molar-refractivity contribution in [3.63, 3.8) is 0 Å². The van der Waals surface area contributed by atoms with Crippen LogP contribution in [-0.4, -0.2) is 70.4 Å². The summed E-state index contributed by atoms with van der Waals surface area (Å²) in [5, 5.41) is 12.2. The third-order valence-electron chi connectivity index (χ3n) is 5.38. The standard InChI is InChI=1S/C20H25N5O3/c21-20-22-9-17(18(24-20)13-4-2-1-3-5-13)19(27)23-14-8-15-12-28-16(6-7-26)11-25(15)10-14/h1-5,9,14-16,26H,6-8,10-12H2,(H,23,27)(H2,21,22,24)/t14-,15-,16-/m0/s1. The van der Waals surface area contributed by atoms with Gasteiger partial charge in [0.2, 0.25) is 5.95 Å². The summed E-state index contributed by atoms with van der Waals surface area (Å²) in [4.78, 5) is 23.6. The first kappa shape index (κ1) is 18.8. The fourth-order valence-electron chi connectivity index (χ4n) is 4.01. The van der Waals surface area contributed by atoms with E-state index in [0.29, 0.717) is 30.3 Å². The van der Waals surface area contributed by atoms with Gasteiger partial charge in [-0.2, -0.15) is 0 Å². The van der Waals surface area contributed by atoms with Gasteiger partial charge in [0.15, 0.2) is 0 Å². The van der Waals surface area contributed by atoms with E-state index < -0.39 is 0 Å². The molecule has 28 heavy (non-hydrogen) atoms. The van der Waals surface area contributed by atoms with Crippen LogP contribution < -0.4 is 11.1 Å². The Morgan fingerprint density at radius 1 is 1.32 bits per heavy atom. The van der Waals surface area contributed by atoms with Gasteiger partial charge in [0.25, 0.3) is 5.91 Å². The molecule has 2 aliphatic heterocycles. The summed E-state index contributed by atoms with van der Waals surface area (Å²) in [5.74, 6) is -0.0583. The van der Waals surface area contributed by atoms with Crippen LogP contribution in [0.4, 0.5) is 5.95 Å². The van der Waals surface area contributed by atoms with Crippen molar-refractivity contribution >= 4 is 11.9 Å². The number of amides is 1. The minimum atomic E-state index is -0.198. The molecule has 2 fully saturated rings. The Hall–Kier alpha value is -2.55. The van der Waals surface area contributed by atoms with E-state index in [1.54, 1.807) is 0 Å². The summed E-state index contributed by atoms with van der Waals surface area (Å²) in [6.07, 6.45) is 3.03. The molecule has 0 bridgehead atoms. The molecule has 1 aromatic heterocycles. The highest BCUT2D eigenvalue weighted by molar-refractivity contribution is 6.00. The molecule has 0 radical (unpaired) electrons. The first-order chi connectivity index (χ1) is 13.6. The number of nitrogens with zero attached hydrogens (tertiary/aromatic N) is 3. The minimum Gasteiger partial charge on any atom is -0.396 e. The Kier molecular flexibility index (Phi) is 5.52. The maximum Gasteiger partial charge on any atom is 0.255 e. The van der Waals surface area contributed by atoms with E-state index in [0.717, 1.165) is 25.1 Å². The van der Waals surface area contributed by atoms with Crippen LogP contribution in [0, 0.1) is 0 Å². The number of nitrogens with two attached hydrogens (primary N) is 1. The number of benzene rings is 1. The van der Waals surface area contributed by atoms with Crippen LogP contribution >= 0.6 is 0 Å². The van der Waals surface area contributed by atoms with Gasteiger partial charge in [-0.25, -0.2) is 9.97 Å². The number of nitrogen functional groups attached to an aromatic ring is 1. The van der Waals surface area contributed by atoms with Crippen LogP contribution in [0.25, 0.3) is 11.3 Å². The van der Waals surface area contributed by atoms with Crippen LogP contribution in [0.15, 0.2) is 36.5 Å². The van der Waals surface area contributed by atoms with Crippen LogP contribution in [0.5, 0.6) is 0 Å². The highest BCUT2D eigenvalue weighted by Gasteiger charge is 2.38. The third kappa shape index (κ3) is 3.99. The second-order valence-electron chi connectivity index (χ2n) is 7.34. The second kappa shape index (κ2) is 8.22. The van der Waals surface area contributed by atoms with Crippen LogP contribution in [0.2, 0.25) is 0 Å². The van der Waals surface area contributed by atoms with E-state index >= 15 is 0 Å². The Morgan fingerprint density at radius 2 is 2.14 bits per heavy atom. The monoisotopic (exact) mass is 383 g/mol. The summed E-state index contributed by atoms with van der Waals surface area (Å²) in [6.45, 7) is 2.33. The molecule has 0 aliphatic carbocycles. The molecule has 2 saturated heterocycles. The summed E-state index contributed by atoms with van der Waals surface area (Å²) in [6, 6.07) is 9.83. The van der Waals surface area contributed by atoms with Crippen LogP contribution in [0.1, 0.15) is 23.2 Å². The number of aliphatic hydroxyl groups excluding tert-OH is 1. The van der Waals surface area contributed by atoms with Gasteiger partial charge >= 0.3 is 0 Å². The molecule has 3 atom stereocenters. The van der Waals surface area contributed by atoms with Crippen molar-refractivity contribution in [2.24, 2.45) is 0 Å². The number of fused-ring (bicyclic) bond motifs is 1. The van der Waals surface area contributed by atoms with E-state index in [9.17, 15) is 4.79 Å². The lowest BCUT2D eigenvalue weighted by atomic mass is 10.1. The average molecular weight is 383 g/mol. The Balaban J connectivity index is 1.47. The van der Waals surface area contributed by atoms with Gasteiger partial charge in [-0.05, 0) is 12.8 Å². The highest BCUT2D eigenvalue weighted by Crippen LogP contribution is 2.26. The summed E-state index contributed by atoms with van der Waals surface area (Å²) < 4.78 is 5.81. The number of hydrogen-bond acceptors (Lipinski definition) is 7. The quantitative estimate of drug-likeness (QED) is 0.696. The van der Waals surface area contributed by atoms with E-state index in [-0.39, 0.29) is 30.6 Å². The van der Waals surface area contributed by atoms with Crippen molar-refractivity contribution in [2.75, 3.05) is 32.0 Å². The Bertz CT molecular complexity index is 832. The number of anilines is 1. The molecule has 0 saturated carbocycles. The lowest BCUT2D eigenvalue weighted by molar-refractivity contribution is -0.0566. The van der Waals surface area contributed by atoms with E-state index in [4.69, 9.17) is 15.6 Å². The number of aliphatic hydroxyl groups is 1. The predicted molar refractivity (Wildman–Crippen MR) is 105 cm³/mol. The van der Waals surface area contributed by atoms with Crippen molar-refractivity contribution in [3.8, 4) is 11.3 Å². The fourth-order valence-corrected chi connectivity index (χ4v) is 4.01. The smallest absolute Gasteiger partial charge is 0.255 e. The summed E-state index contributed by atoms with van der Waals surface area (Å²) >= 11 is 0. The summed E-state index contributed by atoms with van der Waals surface area (Å²) in [5.41, 5.74) is 7.53. The van der Waals surface area contributed by atoms with Gasteiger partial charge in [0, 0.05) is 43.5 Å². The molecule has 1 aromatic carbocycles. The van der Waals surface area contributed by atoms with Gasteiger partial charge in [-0.3, -0.25) is 9.69 Å². The maximum absolute atomic E-state index is 13.0. The summed E-state index contributed by atoms with van der Waals surface area (Å²) in [7, 11) is 0. The largest absolute Gasteiger partial charge is 0.396 e. The van der Waals surface area contributed by atoms with Crippen LogP contribution in [-0.2, 0) is 4.74 Å². The number of aromatic nitrogens is 2. The molecule has 2 aliphatic rings. The van der Waals surface area contributed by atoms with E-state index in [1.165, 1.54) is 6.20 Å². The number of nitrogens with one attached hydrogen (secondary N) is 1. The zero-order chi connectivity index (χ0) is 19.5. The van der Waals surface area contributed by atoms with Gasteiger partial charge in [0.05, 0.1) is 24.0 Å². The molecule has 148 valence electrons. The van der Waals surface area contributed by atoms with Gasteiger partial charge in [-0.1, -0.05) is 30.3 Å². The average Bonchev–Trinajstić information content (AvgIpc) is 3.10. The highest BCUT2D eigenvalue weighted by atomic mass is 16.5.